The number of fused-ring (bicyclic) bond motifs is 3. The summed E-state index contributed by atoms with van der Waals surface area (Å²) in [5, 5.41) is 6.90. The third-order valence-electron chi connectivity index (χ3n) is 6.25. The molecule has 4 rings (SSSR count). The molecule has 37 heavy (non-hydrogen) atoms. The predicted octanol–water partition coefficient (Wildman–Crippen LogP) is 3.71. The number of nitrogens with one attached hydrogen (secondary N) is 2. The van der Waals surface area contributed by atoms with Crippen molar-refractivity contribution in [1.29, 1.82) is 0 Å². The molecule has 2 N–H and O–H groups in total. The Morgan fingerprint density at radius 2 is 1.76 bits per heavy atom. The molecule has 0 fully saturated rings. The number of hydrogen-bond acceptors (Lipinski definition) is 7. The molecule has 1 aromatic heterocycles. The van der Waals surface area contributed by atoms with Gasteiger partial charge in [-0.25, -0.2) is 9.97 Å². The number of rotatable bonds is 12. The Bertz CT molecular complexity index is 1230. The molecule has 0 atom stereocenters. The van der Waals surface area contributed by atoms with E-state index < -0.39 is 0 Å². The van der Waals surface area contributed by atoms with E-state index in [4.69, 9.17) is 26.0 Å². The Hall–Kier alpha value is -3.82. The summed E-state index contributed by atoms with van der Waals surface area (Å²) in [6, 6.07) is 17.2. The van der Waals surface area contributed by atoms with Crippen molar-refractivity contribution in [3.8, 4) is 23.5 Å². The molecule has 0 amide bonds. The van der Waals surface area contributed by atoms with Crippen LogP contribution >= 0.6 is 0 Å². The lowest BCUT2D eigenvalue weighted by molar-refractivity contribution is -0.191. The van der Waals surface area contributed by atoms with Gasteiger partial charge in [-0.05, 0) is 63.1 Å². The van der Waals surface area contributed by atoms with Crippen molar-refractivity contribution in [3.05, 3.63) is 76.7 Å². The summed E-state index contributed by atoms with van der Waals surface area (Å²) < 4.78 is 0. The summed E-state index contributed by atoms with van der Waals surface area (Å²) in [6.45, 7) is 6.75. The molecular weight excluding hydrogens is 462 g/mol. The first-order valence-corrected chi connectivity index (χ1v) is 12.6. The van der Waals surface area contributed by atoms with E-state index in [2.05, 4.69) is 77.9 Å². The van der Waals surface area contributed by atoms with Gasteiger partial charge in [0.15, 0.2) is 0 Å². The number of carbonyl (C=O) groups excluding carboxylic acids is 2. The molecule has 0 aliphatic heterocycles. The number of terminal acetylenes is 1. The third-order valence-corrected chi connectivity index (χ3v) is 6.25. The lowest BCUT2D eigenvalue weighted by atomic mass is 10.0. The normalized spacial score (nSPS) is 11.1. The number of hydrogen-bond donors (Lipinski definition) is 2. The summed E-state index contributed by atoms with van der Waals surface area (Å²) in [6.07, 6.45) is 9.31. The summed E-state index contributed by atoms with van der Waals surface area (Å²) >= 11 is 0. The second-order valence-electron chi connectivity index (χ2n) is 9.21. The van der Waals surface area contributed by atoms with Gasteiger partial charge in [0.1, 0.15) is 11.6 Å². The number of benzene rings is 2. The van der Waals surface area contributed by atoms with Crippen LogP contribution in [0.25, 0.3) is 11.1 Å². The molecule has 3 aromatic rings. The van der Waals surface area contributed by atoms with Gasteiger partial charge in [0, 0.05) is 24.9 Å². The first-order chi connectivity index (χ1) is 18.0. The first-order valence-electron chi connectivity index (χ1n) is 12.6. The van der Waals surface area contributed by atoms with Gasteiger partial charge in [0.25, 0.3) is 0 Å². The molecule has 0 saturated carbocycles. The molecule has 7 nitrogen and oxygen atoms in total. The highest BCUT2D eigenvalue weighted by Crippen LogP contribution is 2.40. The van der Waals surface area contributed by atoms with Crippen LogP contribution in [0.1, 0.15) is 41.1 Å². The minimum absolute atomic E-state index is 0.250. The van der Waals surface area contributed by atoms with Gasteiger partial charge in [-0.3, -0.25) is 0 Å². The molecule has 192 valence electrons. The topological polar surface area (TPSA) is 87.2 Å². The van der Waals surface area contributed by atoms with Crippen molar-refractivity contribution >= 4 is 12.0 Å². The molecule has 1 heterocycles. The number of aryl methyl sites for hydroxylation is 1. The third kappa shape index (κ3) is 8.37. The van der Waals surface area contributed by atoms with Crippen LogP contribution in [-0.4, -0.2) is 60.8 Å². The second kappa shape index (κ2) is 14.7. The smallest absolute Gasteiger partial charge is 0.369 e. The molecule has 0 saturated heterocycles. The minimum atomic E-state index is 0.250. The lowest BCUT2D eigenvalue weighted by Crippen LogP contribution is -2.26. The SMILES string of the molecule is C#CCNCCCN(C)CCCNc1nc(Cc2ccccc2)nc2c1-c1ccc(C)cc1C2.O=C=O. The summed E-state index contributed by atoms with van der Waals surface area (Å²) in [7, 11) is 2.18. The minimum Gasteiger partial charge on any atom is -0.369 e. The fourth-order valence-electron chi connectivity index (χ4n) is 4.55. The van der Waals surface area contributed by atoms with Crippen LogP contribution in [0.15, 0.2) is 48.5 Å². The van der Waals surface area contributed by atoms with Crippen LogP contribution < -0.4 is 10.6 Å². The maximum absolute atomic E-state index is 8.12. The molecule has 0 bridgehead atoms. The molecule has 1 aliphatic carbocycles. The molecule has 0 spiro atoms. The van der Waals surface area contributed by atoms with E-state index in [0.717, 1.165) is 69.2 Å². The van der Waals surface area contributed by atoms with E-state index >= 15 is 0 Å². The average Bonchev–Trinajstić information content (AvgIpc) is 3.25. The van der Waals surface area contributed by atoms with Crippen molar-refractivity contribution < 1.29 is 9.59 Å². The standard InChI is InChI=1S/C29H35N5.CO2/c1-4-14-30-15-8-17-34(3)18-9-16-31-29-28-25-13-12-22(2)19-24(25)21-26(28)32-27(33-29)20-23-10-6-5-7-11-23;2-1-3/h1,5-7,10-13,19,30H,8-9,14-18,20-21H2,2-3H3,(H,31,32,33);. The number of anilines is 1. The fourth-order valence-corrected chi connectivity index (χ4v) is 4.55. The molecule has 2 aromatic carbocycles. The highest BCUT2D eigenvalue weighted by atomic mass is 16.2. The fraction of sp³-hybridized carbons (Fsp3) is 0.367. The molecule has 0 radical (unpaired) electrons. The van der Waals surface area contributed by atoms with Crippen LogP contribution in [0.2, 0.25) is 0 Å². The van der Waals surface area contributed by atoms with Crippen LogP contribution in [0, 0.1) is 19.3 Å². The lowest BCUT2D eigenvalue weighted by Gasteiger charge is -2.17. The van der Waals surface area contributed by atoms with Gasteiger partial charge in [-0.15, -0.1) is 6.42 Å². The maximum atomic E-state index is 8.12. The van der Waals surface area contributed by atoms with Gasteiger partial charge in [0.05, 0.1) is 12.2 Å². The summed E-state index contributed by atoms with van der Waals surface area (Å²) in [4.78, 5) is 28.6. The summed E-state index contributed by atoms with van der Waals surface area (Å²) in [5.41, 5.74) is 7.46. The Labute approximate surface area is 219 Å². The van der Waals surface area contributed by atoms with Crippen molar-refractivity contribution in [2.45, 2.75) is 32.6 Å². The largest absolute Gasteiger partial charge is 0.373 e. The van der Waals surface area contributed by atoms with Crippen molar-refractivity contribution in [1.82, 2.24) is 20.2 Å². The van der Waals surface area contributed by atoms with E-state index in [9.17, 15) is 0 Å². The van der Waals surface area contributed by atoms with E-state index in [1.165, 1.54) is 27.8 Å². The van der Waals surface area contributed by atoms with Crippen LogP contribution in [0.5, 0.6) is 0 Å². The quantitative estimate of drug-likeness (QED) is 0.228. The monoisotopic (exact) mass is 497 g/mol. The van der Waals surface area contributed by atoms with Gasteiger partial charge in [0.2, 0.25) is 0 Å². The van der Waals surface area contributed by atoms with Crippen LogP contribution in [-0.2, 0) is 22.4 Å². The van der Waals surface area contributed by atoms with E-state index in [0.29, 0.717) is 6.54 Å². The zero-order valence-electron chi connectivity index (χ0n) is 21.7. The van der Waals surface area contributed by atoms with Crippen molar-refractivity contribution in [2.24, 2.45) is 0 Å². The van der Waals surface area contributed by atoms with Crippen LogP contribution in [0.3, 0.4) is 0 Å². The summed E-state index contributed by atoms with van der Waals surface area (Å²) in [5.74, 6) is 4.47. The average molecular weight is 498 g/mol. The number of aromatic nitrogens is 2. The van der Waals surface area contributed by atoms with Gasteiger partial charge in [-0.2, -0.15) is 9.59 Å². The van der Waals surface area contributed by atoms with Gasteiger partial charge >= 0.3 is 6.15 Å². The van der Waals surface area contributed by atoms with Crippen LogP contribution in [0.4, 0.5) is 5.82 Å². The highest BCUT2D eigenvalue weighted by molar-refractivity contribution is 5.84. The van der Waals surface area contributed by atoms with Crippen molar-refractivity contribution in [3.63, 3.8) is 0 Å². The van der Waals surface area contributed by atoms with Crippen molar-refractivity contribution in [2.75, 3.05) is 45.1 Å². The molecule has 1 aliphatic rings. The predicted molar refractivity (Wildman–Crippen MR) is 146 cm³/mol. The second-order valence-corrected chi connectivity index (χ2v) is 9.21. The van der Waals surface area contributed by atoms with E-state index in [-0.39, 0.29) is 6.15 Å². The Morgan fingerprint density at radius 3 is 2.49 bits per heavy atom. The maximum Gasteiger partial charge on any atom is 0.373 e. The zero-order chi connectivity index (χ0) is 26.5. The Kier molecular flexibility index (Phi) is 11.0. The number of nitrogens with zero attached hydrogens (tertiary/aromatic N) is 3. The van der Waals surface area contributed by atoms with Gasteiger partial charge in [-0.1, -0.05) is 60.0 Å². The Balaban J connectivity index is 0.00000121. The molecule has 0 unspecified atom stereocenters. The van der Waals surface area contributed by atoms with E-state index in [1.807, 2.05) is 6.07 Å². The Morgan fingerprint density at radius 1 is 1.03 bits per heavy atom. The molecule has 7 heteroatoms. The van der Waals surface area contributed by atoms with E-state index in [1.54, 1.807) is 0 Å². The van der Waals surface area contributed by atoms with Gasteiger partial charge < -0.3 is 15.5 Å². The zero-order valence-corrected chi connectivity index (χ0v) is 21.7. The first kappa shape index (κ1) is 27.8. The molecular formula is C30H35N5O2. The highest BCUT2D eigenvalue weighted by Gasteiger charge is 2.25.